The summed E-state index contributed by atoms with van der Waals surface area (Å²) in [4.78, 5) is 24.0. The number of alkyl halides is 1. The van der Waals surface area contributed by atoms with E-state index in [0.717, 1.165) is 11.6 Å². The van der Waals surface area contributed by atoms with Gasteiger partial charge in [-0.15, -0.1) is 0 Å². The highest BCUT2D eigenvalue weighted by molar-refractivity contribution is 9.10. The predicted molar refractivity (Wildman–Crippen MR) is 82.0 cm³/mol. The van der Waals surface area contributed by atoms with E-state index in [1.54, 1.807) is 36.4 Å². The van der Waals surface area contributed by atoms with Gasteiger partial charge in [-0.3, -0.25) is 4.79 Å². The Bertz CT molecular complexity index is 599. The first kappa shape index (κ1) is 16.7. The molecule has 1 aromatic rings. The summed E-state index contributed by atoms with van der Waals surface area (Å²) in [6.07, 6.45) is 3.37. The Morgan fingerprint density at radius 2 is 1.86 bits per heavy atom. The molecule has 0 amide bonds. The number of hydrogen-bond acceptors (Lipinski definition) is 4. The summed E-state index contributed by atoms with van der Waals surface area (Å²) >= 11 is 3.31. The van der Waals surface area contributed by atoms with Crippen LogP contribution in [0.5, 0.6) is 0 Å². The molecule has 118 valence electrons. The number of benzene rings is 1. The van der Waals surface area contributed by atoms with Gasteiger partial charge in [0.1, 0.15) is 5.92 Å². The van der Waals surface area contributed by atoms with E-state index >= 15 is 4.39 Å². The smallest absolute Gasteiger partial charge is 0.345 e. The number of carbonyl (C=O) groups excluding carboxylic acids is 2. The summed E-state index contributed by atoms with van der Waals surface area (Å²) in [6.45, 7) is 0. The standard InChI is InChI=1S/C16H16BrFO4/c1-21-14(19)13-5-3-4-12(16(13,18)15(20)22-2)10-6-8-11(17)9-7-10/h3-4,6-9,12-13H,5H2,1-2H3/t12-,13+,16+/m1/s1. The Balaban J connectivity index is 2.52. The molecule has 0 saturated carbocycles. The van der Waals surface area contributed by atoms with E-state index in [-0.39, 0.29) is 6.42 Å². The van der Waals surface area contributed by atoms with Gasteiger partial charge in [0.05, 0.1) is 14.2 Å². The van der Waals surface area contributed by atoms with Crippen LogP contribution in [0.1, 0.15) is 17.9 Å². The van der Waals surface area contributed by atoms with Crippen LogP contribution in [0.2, 0.25) is 0 Å². The number of rotatable bonds is 3. The fraction of sp³-hybridized carbons (Fsp3) is 0.375. The summed E-state index contributed by atoms with van der Waals surface area (Å²) in [5.74, 6) is -3.98. The molecule has 0 aliphatic heterocycles. The molecule has 2 rings (SSSR count). The van der Waals surface area contributed by atoms with Gasteiger partial charge in [-0.25, -0.2) is 9.18 Å². The van der Waals surface area contributed by atoms with Crippen molar-refractivity contribution in [2.45, 2.75) is 18.0 Å². The molecular weight excluding hydrogens is 355 g/mol. The molecule has 0 aromatic heterocycles. The van der Waals surface area contributed by atoms with E-state index in [1.165, 1.54) is 7.11 Å². The zero-order valence-corrected chi connectivity index (χ0v) is 13.8. The van der Waals surface area contributed by atoms with Crippen molar-refractivity contribution >= 4 is 27.9 Å². The van der Waals surface area contributed by atoms with E-state index in [9.17, 15) is 9.59 Å². The first-order chi connectivity index (χ1) is 10.4. The van der Waals surface area contributed by atoms with Crippen molar-refractivity contribution in [3.63, 3.8) is 0 Å². The molecule has 0 radical (unpaired) electrons. The SMILES string of the molecule is COC(=O)[C@@H]1CC=C[C@H](c2ccc(Br)cc2)[C@@]1(F)C(=O)OC. The Morgan fingerprint density at radius 1 is 1.23 bits per heavy atom. The maximum atomic E-state index is 15.7. The zero-order chi connectivity index (χ0) is 16.3. The van der Waals surface area contributed by atoms with Crippen LogP contribution in [-0.4, -0.2) is 31.8 Å². The van der Waals surface area contributed by atoms with Crippen LogP contribution in [0.15, 0.2) is 40.9 Å². The summed E-state index contributed by atoms with van der Waals surface area (Å²) in [6, 6.07) is 6.91. The molecule has 1 aliphatic rings. The highest BCUT2D eigenvalue weighted by Gasteiger charge is 2.57. The van der Waals surface area contributed by atoms with Gasteiger partial charge in [0, 0.05) is 10.4 Å². The van der Waals surface area contributed by atoms with Gasteiger partial charge in [-0.1, -0.05) is 40.2 Å². The van der Waals surface area contributed by atoms with Gasteiger partial charge in [0.25, 0.3) is 0 Å². The average Bonchev–Trinajstić information content (AvgIpc) is 2.54. The van der Waals surface area contributed by atoms with Crippen molar-refractivity contribution in [1.82, 2.24) is 0 Å². The highest BCUT2D eigenvalue weighted by Crippen LogP contribution is 2.45. The van der Waals surface area contributed by atoms with Crippen LogP contribution in [0.3, 0.4) is 0 Å². The summed E-state index contributed by atoms with van der Waals surface area (Å²) in [5.41, 5.74) is -1.91. The Morgan fingerprint density at radius 3 is 2.41 bits per heavy atom. The monoisotopic (exact) mass is 370 g/mol. The number of methoxy groups -OCH3 is 2. The molecule has 0 unspecified atom stereocenters. The van der Waals surface area contributed by atoms with E-state index in [4.69, 9.17) is 0 Å². The molecule has 3 atom stereocenters. The quantitative estimate of drug-likeness (QED) is 0.605. The van der Waals surface area contributed by atoms with Crippen LogP contribution in [0, 0.1) is 5.92 Å². The first-order valence-electron chi connectivity index (χ1n) is 6.72. The number of esters is 2. The molecular formula is C16H16BrFO4. The van der Waals surface area contributed by atoms with Crippen molar-refractivity contribution in [3.05, 3.63) is 46.5 Å². The van der Waals surface area contributed by atoms with Crippen molar-refractivity contribution in [3.8, 4) is 0 Å². The van der Waals surface area contributed by atoms with Gasteiger partial charge in [0.15, 0.2) is 0 Å². The zero-order valence-electron chi connectivity index (χ0n) is 12.2. The lowest BCUT2D eigenvalue weighted by atomic mass is 9.70. The Kier molecular flexibility index (Phi) is 5.01. The molecule has 6 heteroatoms. The summed E-state index contributed by atoms with van der Waals surface area (Å²) in [5, 5.41) is 0. The second kappa shape index (κ2) is 6.60. The topological polar surface area (TPSA) is 52.6 Å². The minimum Gasteiger partial charge on any atom is -0.469 e. The van der Waals surface area contributed by atoms with Crippen molar-refractivity contribution < 1.29 is 23.5 Å². The molecule has 0 bridgehead atoms. The normalized spacial score (nSPS) is 27.3. The summed E-state index contributed by atoms with van der Waals surface area (Å²) in [7, 11) is 2.28. The van der Waals surface area contributed by atoms with Crippen molar-refractivity contribution in [2.75, 3.05) is 14.2 Å². The second-order valence-corrected chi connectivity index (χ2v) is 5.94. The number of hydrogen-bond donors (Lipinski definition) is 0. The first-order valence-corrected chi connectivity index (χ1v) is 7.51. The lowest BCUT2D eigenvalue weighted by Crippen LogP contribution is -2.51. The second-order valence-electron chi connectivity index (χ2n) is 5.03. The molecule has 1 aliphatic carbocycles. The number of allylic oxidation sites excluding steroid dienone is 2. The van der Waals surface area contributed by atoms with Crippen LogP contribution in [-0.2, 0) is 19.1 Å². The van der Waals surface area contributed by atoms with E-state index in [2.05, 4.69) is 25.4 Å². The fourth-order valence-electron chi connectivity index (χ4n) is 2.74. The average molecular weight is 371 g/mol. The Hall–Kier alpha value is -1.69. The molecule has 0 fully saturated rings. The summed E-state index contributed by atoms with van der Waals surface area (Å²) < 4.78 is 25.8. The van der Waals surface area contributed by atoms with Crippen LogP contribution < -0.4 is 0 Å². The van der Waals surface area contributed by atoms with Crippen LogP contribution in [0.25, 0.3) is 0 Å². The number of ether oxygens (including phenoxy) is 2. The molecule has 0 spiro atoms. The third-order valence-corrected chi connectivity index (χ3v) is 4.40. The largest absolute Gasteiger partial charge is 0.469 e. The van der Waals surface area contributed by atoms with Crippen molar-refractivity contribution in [1.29, 1.82) is 0 Å². The van der Waals surface area contributed by atoms with Crippen LogP contribution >= 0.6 is 15.9 Å². The van der Waals surface area contributed by atoms with E-state index in [0.29, 0.717) is 5.56 Å². The number of carbonyl (C=O) groups is 2. The van der Waals surface area contributed by atoms with Gasteiger partial charge >= 0.3 is 11.9 Å². The molecule has 22 heavy (non-hydrogen) atoms. The lowest BCUT2D eigenvalue weighted by Gasteiger charge is -2.37. The third-order valence-electron chi connectivity index (χ3n) is 3.87. The molecule has 0 heterocycles. The third kappa shape index (κ3) is 2.79. The van der Waals surface area contributed by atoms with Crippen molar-refractivity contribution in [2.24, 2.45) is 5.92 Å². The van der Waals surface area contributed by atoms with E-state index < -0.39 is 29.4 Å². The molecule has 0 N–H and O–H groups in total. The van der Waals surface area contributed by atoms with Gasteiger partial charge in [-0.05, 0) is 24.1 Å². The fourth-order valence-corrected chi connectivity index (χ4v) is 3.00. The lowest BCUT2D eigenvalue weighted by molar-refractivity contribution is -0.170. The minimum absolute atomic E-state index is 0.0886. The predicted octanol–water partition coefficient (Wildman–Crippen LogP) is 3.16. The van der Waals surface area contributed by atoms with Crippen LogP contribution in [0.4, 0.5) is 4.39 Å². The van der Waals surface area contributed by atoms with Gasteiger partial charge in [0.2, 0.25) is 5.67 Å². The minimum atomic E-state index is -2.50. The maximum Gasteiger partial charge on any atom is 0.345 e. The number of halogens is 2. The molecule has 4 nitrogen and oxygen atoms in total. The Labute approximate surface area is 136 Å². The molecule has 0 saturated heterocycles. The van der Waals surface area contributed by atoms with Gasteiger partial charge < -0.3 is 9.47 Å². The highest BCUT2D eigenvalue weighted by atomic mass is 79.9. The maximum absolute atomic E-state index is 15.7. The molecule has 1 aromatic carbocycles. The van der Waals surface area contributed by atoms with E-state index in [1.807, 2.05) is 0 Å². The van der Waals surface area contributed by atoms with Gasteiger partial charge in [-0.2, -0.15) is 0 Å².